The molecule has 2 saturated heterocycles. The third-order valence-electron chi connectivity index (χ3n) is 3.68. The Morgan fingerprint density at radius 2 is 2.26 bits per heavy atom. The standard InChI is InChI=1S/C10H11ClN5O6P/c11-10-15-4-7(12)13-2-14-8(4)16(10)9-5(17)6-3(21-9)1-20-23(18,19)22-6/h2-3,5-6,9,17H,1H2,(H,18,19)(H2,12,13,14)/t3-,5+,6-,9-/m0/s1. The number of nitrogens with two attached hydrogens (primary N) is 1. The van der Waals surface area contributed by atoms with Crippen molar-refractivity contribution in [2.24, 2.45) is 0 Å². The van der Waals surface area contributed by atoms with Crippen molar-refractivity contribution in [2.45, 2.75) is 24.5 Å². The molecule has 11 nitrogen and oxygen atoms in total. The molecule has 2 aromatic heterocycles. The lowest BCUT2D eigenvalue weighted by atomic mass is 10.1. The molecule has 124 valence electrons. The minimum atomic E-state index is -4.21. The van der Waals surface area contributed by atoms with E-state index in [4.69, 9.17) is 26.6 Å². The Hall–Kier alpha value is -1.33. The Morgan fingerprint density at radius 1 is 1.48 bits per heavy atom. The van der Waals surface area contributed by atoms with Crippen LogP contribution in [0.25, 0.3) is 11.2 Å². The van der Waals surface area contributed by atoms with Crippen molar-refractivity contribution < 1.29 is 28.3 Å². The SMILES string of the molecule is Nc1ncnc2c1nc(Cl)n2[C@H]1O[C@H]2COP(=O)(O)O[C@@H]2[C@H]1O. The third-order valence-corrected chi connectivity index (χ3v) is 4.93. The van der Waals surface area contributed by atoms with Crippen LogP contribution in [0.1, 0.15) is 6.23 Å². The number of phosphoric acid groups is 1. The molecule has 0 radical (unpaired) electrons. The van der Waals surface area contributed by atoms with Crippen molar-refractivity contribution in [3.05, 3.63) is 11.6 Å². The fourth-order valence-electron chi connectivity index (χ4n) is 2.67. The van der Waals surface area contributed by atoms with Crippen molar-refractivity contribution in [3.8, 4) is 0 Å². The zero-order valence-electron chi connectivity index (χ0n) is 11.3. The minimum Gasteiger partial charge on any atom is -0.386 e. The summed E-state index contributed by atoms with van der Waals surface area (Å²) in [6, 6.07) is 0. The molecule has 0 aliphatic carbocycles. The van der Waals surface area contributed by atoms with Crippen LogP contribution in [0, 0.1) is 0 Å². The molecule has 2 aliphatic rings. The first kappa shape index (κ1) is 15.2. The van der Waals surface area contributed by atoms with Gasteiger partial charge in [0.05, 0.1) is 6.61 Å². The number of hydrogen-bond donors (Lipinski definition) is 3. The summed E-state index contributed by atoms with van der Waals surface area (Å²) in [6.07, 6.45) is -2.87. The van der Waals surface area contributed by atoms with Gasteiger partial charge >= 0.3 is 7.82 Å². The highest BCUT2D eigenvalue weighted by Gasteiger charge is 2.53. The van der Waals surface area contributed by atoms with Gasteiger partial charge < -0.3 is 20.5 Å². The van der Waals surface area contributed by atoms with Gasteiger partial charge in [0.1, 0.15) is 24.6 Å². The average Bonchev–Trinajstić information content (AvgIpc) is 2.97. The summed E-state index contributed by atoms with van der Waals surface area (Å²) >= 11 is 6.10. The maximum atomic E-state index is 11.5. The van der Waals surface area contributed by atoms with E-state index >= 15 is 0 Å². The Bertz CT molecular complexity index is 831. The molecule has 13 heteroatoms. The normalized spacial score (nSPS) is 37.2. The fourth-order valence-corrected chi connectivity index (χ4v) is 3.90. The monoisotopic (exact) mass is 363 g/mol. The molecule has 4 heterocycles. The molecule has 4 N–H and O–H groups in total. The zero-order chi connectivity index (χ0) is 16.4. The average molecular weight is 364 g/mol. The van der Waals surface area contributed by atoms with E-state index < -0.39 is 32.4 Å². The van der Waals surface area contributed by atoms with E-state index in [1.54, 1.807) is 0 Å². The topological polar surface area (TPSA) is 155 Å². The van der Waals surface area contributed by atoms with E-state index in [2.05, 4.69) is 19.5 Å². The predicted octanol–water partition coefficient (Wildman–Crippen LogP) is -0.164. The van der Waals surface area contributed by atoms with Crippen molar-refractivity contribution in [1.82, 2.24) is 19.5 Å². The molecule has 2 aliphatic heterocycles. The summed E-state index contributed by atoms with van der Waals surface area (Å²) < 4.78 is 28.0. The lowest BCUT2D eigenvalue weighted by Gasteiger charge is -2.27. The highest BCUT2D eigenvalue weighted by Crippen LogP contribution is 2.52. The van der Waals surface area contributed by atoms with Crippen LogP contribution in [0.5, 0.6) is 0 Å². The Balaban J connectivity index is 1.76. The van der Waals surface area contributed by atoms with Crippen LogP contribution in [-0.2, 0) is 18.3 Å². The van der Waals surface area contributed by atoms with E-state index in [0.717, 1.165) is 0 Å². The molecule has 2 aromatic rings. The smallest absolute Gasteiger partial charge is 0.386 e. The van der Waals surface area contributed by atoms with Gasteiger partial charge in [-0.2, -0.15) is 0 Å². The molecule has 0 aromatic carbocycles. The summed E-state index contributed by atoms with van der Waals surface area (Å²) in [7, 11) is -4.21. The van der Waals surface area contributed by atoms with Crippen molar-refractivity contribution in [3.63, 3.8) is 0 Å². The number of aliphatic hydroxyl groups excluding tert-OH is 1. The molecule has 0 spiro atoms. The van der Waals surface area contributed by atoms with Crippen molar-refractivity contribution in [2.75, 3.05) is 12.3 Å². The Morgan fingerprint density at radius 3 is 3.04 bits per heavy atom. The number of aromatic nitrogens is 4. The van der Waals surface area contributed by atoms with Gasteiger partial charge in [-0.05, 0) is 11.6 Å². The predicted molar refractivity (Wildman–Crippen MR) is 75.3 cm³/mol. The molecule has 2 fully saturated rings. The molecule has 0 amide bonds. The quantitative estimate of drug-likeness (QED) is 0.459. The summed E-state index contributed by atoms with van der Waals surface area (Å²) in [5, 5.41) is 10.4. The number of phosphoric ester groups is 1. The second kappa shape index (κ2) is 5.08. The van der Waals surface area contributed by atoms with Crippen LogP contribution in [0.2, 0.25) is 5.28 Å². The molecule has 1 unspecified atom stereocenters. The molecule has 4 rings (SSSR count). The lowest BCUT2D eigenvalue weighted by Crippen LogP contribution is -2.39. The number of fused-ring (bicyclic) bond motifs is 2. The number of imidazole rings is 1. The number of nitrogens with zero attached hydrogens (tertiary/aromatic N) is 4. The number of anilines is 1. The van der Waals surface area contributed by atoms with E-state index in [9.17, 15) is 14.6 Å². The molecule has 5 atom stereocenters. The van der Waals surface area contributed by atoms with Crippen molar-refractivity contribution >= 4 is 36.4 Å². The van der Waals surface area contributed by atoms with Crippen LogP contribution < -0.4 is 5.73 Å². The highest BCUT2D eigenvalue weighted by molar-refractivity contribution is 7.47. The van der Waals surface area contributed by atoms with E-state index in [1.165, 1.54) is 10.9 Å². The van der Waals surface area contributed by atoms with Crippen LogP contribution in [0.15, 0.2) is 6.33 Å². The lowest BCUT2D eigenvalue weighted by molar-refractivity contribution is -0.0663. The third kappa shape index (κ3) is 2.32. The van der Waals surface area contributed by atoms with Gasteiger partial charge in [0.25, 0.3) is 0 Å². The highest BCUT2D eigenvalue weighted by atomic mass is 35.5. The minimum absolute atomic E-state index is 0.0250. The van der Waals surface area contributed by atoms with E-state index in [-0.39, 0.29) is 28.9 Å². The fraction of sp³-hybridized carbons (Fsp3) is 0.500. The molecule has 0 saturated carbocycles. The second-order valence-corrected chi connectivity index (χ2v) is 6.82. The number of halogens is 1. The number of rotatable bonds is 1. The Kier molecular flexibility index (Phi) is 3.36. The summed E-state index contributed by atoms with van der Waals surface area (Å²) in [5.41, 5.74) is 6.24. The maximum Gasteiger partial charge on any atom is 0.472 e. The summed E-state index contributed by atoms with van der Waals surface area (Å²) in [4.78, 5) is 21.3. The molecular weight excluding hydrogens is 353 g/mol. The zero-order valence-corrected chi connectivity index (χ0v) is 13.0. The largest absolute Gasteiger partial charge is 0.472 e. The second-order valence-electron chi connectivity index (χ2n) is 5.07. The van der Waals surface area contributed by atoms with Gasteiger partial charge in [0.15, 0.2) is 23.2 Å². The maximum absolute atomic E-state index is 11.5. The van der Waals surface area contributed by atoms with Crippen LogP contribution in [0.3, 0.4) is 0 Å². The molecular formula is C10H11ClN5O6P. The van der Waals surface area contributed by atoms with E-state index in [1.807, 2.05) is 0 Å². The number of aliphatic hydroxyl groups is 1. The summed E-state index contributed by atoms with van der Waals surface area (Å²) in [6.45, 7) is -0.201. The van der Waals surface area contributed by atoms with Crippen molar-refractivity contribution in [1.29, 1.82) is 0 Å². The first-order valence-corrected chi connectivity index (χ1v) is 8.38. The Labute approximate surface area is 133 Å². The first-order chi connectivity index (χ1) is 10.9. The van der Waals surface area contributed by atoms with Crippen LogP contribution >= 0.6 is 19.4 Å². The molecule has 0 bridgehead atoms. The number of hydrogen-bond acceptors (Lipinski definition) is 9. The molecule has 23 heavy (non-hydrogen) atoms. The van der Waals surface area contributed by atoms with Crippen LogP contribution in [0.4, 0.5) is 5.82 Å². The number of ether oxygens (including phenoxy) is 1. The van der Waals surface area contributed by atoms with Gasteiger partial charge in [-0.3, -0.25) is 13.6 Å². The van der Waals surface area contributed by atoms with Gasteiger partial charge in [0, 0.05) is 0 Å². The van der Waals surface area contributed by atoms with Gasteiger partial charge in [-0.15, -0.1) is 0 Å². The van der Waals surface area contributed by atoms with E-state index in [0.29, 0.717) is 0 Å². The van der Waals surface area contributed by atoms with Gasteiger partial charge in [-0.1, -0.05) is 0 Å². The van der Waals surface area contributed by atoms with Gasteiger partial charge in [0.2, 0.25) is 5.28 Å². The van der Waals surface area contributed by atoms with Gasteiger partial charge in [-0.25, -0.2) is 19.5 Å². The summed E-state index contributed by atoms with van der Waals surface area (Å²) in [5.74, 6) is 0.125. The number of nitrogen functional groups attached to an aromatic ring is 1. The van der Waals surface area contributed by atoms with Crippen LogP contribution in [-0.4, -0.2) is 54.4 Å². The first-order valence-electron chi connectivity index (χ1n) is 6.50.